The molecule has 2 aromatic heterocycles. The number of hydrogen-bond acceptors (Lipinski definition) is 7. The van der Waals surface area contributed by atoms with Crippen LogP contribution in [0.3, 0.4) is 0 Å². The van der Waals surface area contributed by atoms with E-state index in [4.69, 9.17) is 5.73 Å². The van der Waals surface area contributed by atoms with Crippen molar-refractivity contribution in [3.05, 3.63) is 50.3 Å². The molecular formula is C20H23F3N6O3. The lowest BCUT2D eigenvalue weighted by atomic mass is 10.1. The summed E-state index contributed by atoms with van der Waals surface area (Å²) in [5, 5.41) is 0. The molecule has 3 heterocycles. The lowest BCUT2D eigenvalue weighted by molar-refractivity contribution is -0.137. The Kier molecular flexibility index (Phi) is 5.80. The van der Waals surface area contributed by atoms with E-state index in [-0.39, 0.29) is 24.0 Å². The number of carbonyl (C=O) groups is 1. The van der Waals surface area contributed by atoms with Crippen LogP contribution in [0.2, 0.25) is 0 Å². The number of nitrogens with one attached hydrogen (secondary N) is 1. The number of H-pyrrole nitrogens is 1. The molecule has 12 heteroatoms. The van der Waals surface area contributed by atoms with Crippen molar-refractivity contribution in [1.29, 1.82) is 0 Å². The van der Waals surface area contributed by atoms with Gasteiger partial charge in [0.25, 0.3) is 5.56 Å². The summed E-state index contributed by atoms with van der Waals surface area (Å²) in [7, 11) is 0. The monoisotopic (exact) mass is 452 g/mol. The molecule has 32 heavy (non-hydrogen) atoms. The first-order valence-electron chi connectivity index (χ1n) is 10.3. The molecule has 1 saturated heterocycles. The van der Waals surface area contributed by atoms with E-state index in [2.05, 4.69) is 9.97 Å². The molecule has 0 amide bonds. The van der Waals surface area contributed by atoms with Crippen LogP contribution in [0.5, 0.6) is 0 Å². The van der Waals surface area contributed by atoms with Crippen LogP contribution >= 0.6 is 0 Å². The Morgan fingerprint density at radius 1 is 1.16 bits per heavy atom. The number of hydrogen-bond donors (Lipinski definition) is 2. The number of pyridine rings is 1. The first kappa shape index (κ1) is 22.1. The van der Waals surface area contributed by atoms with Gasteiger partial charge >= 0.3 is 11.9 Å². The Morgan fingerprint density at radius 2 is 1.91 bits per heavy atom. The third-order valence-corrected chi connectivity index (χ3v) is 5.73. The molecule has 172 valence electrons. The summed E-state index contributed by atoms with van der Waals surface area (Å²) < 4.78 is 39.5. The fourth-order valence-corrected chi connectivity index (χ4v) is 3.91. The molecule has 0 bridgehead atoms. The smallest absolute Gasteiger partial charge is 0.384 e. The molecule has 2 fully saturated rings. The SMILES string of the molecule is Nc1c(C(=O)CN2CCCN(c3ccc(C(F)(F)F)cn3)CC2)c(=O)[nH]c(=O)n1C1CC1. The van der Waals surface area contributed by atoms with E-state index in [1.54, 1.807) is 0 Å². The predicted molar refractivity (Wildman–Crippen MR) is 111 cm³/mol. The van der Waals surface area contributed by atoms with E-state index in [0.29, 0.717) is 38.4 Å². The third-order valence-electron chi connectivity index (χ3n) is 5.73. The Bertz CT molecular complexity index is 1120. The lowest BCUT2D eigenvalue weighted by Crippen LogP contribution is -2.40. The highest BCUT2D eigenvalue weighted by atomic mass is 19.4. The van der Waals surface area contributed by atoms with Gasteiger partial charge in [-0.25, -0.2) is 9.78 Å². The van der Waals surface area contributed by atoms with Crippen LogP contribution in [-0.2, 0) is 6.18 Å². The molecule has 0 aromatic carbocycles. The summed E-state index contributed by atoms with van der Waals surface area (Å²) >= 11 is 0. The van der Waals surface area contributed by atoms with Crippen molar-refractivity contribution < 1.29 is 18.0 Å². The molecule has 3 N–H and O–H groups in total. The molecule has 2 aromatic rings. The third kappa shape index (κ3) is 4.54. The van der Waals surface area contributed by atoms with Crippen molar-refractivity contribution in [1.82, 2.24) is 19.4 Å². The second-order valence-corrected chi connectivity index (χ2v) is 8.06. The van der Waals surface area contributed by atoms with E-state index >= 15 is 0 Å². The standard InChI is InChI=1S/C20H23F3N6O3/c21-20(22,23)12-2-5-15(25-10-12)28-7-1-6-27(8-9-28)11-14(30)16-17(24)29(13-3-4-13)19(32)26-18(16)31/h2,5,10,13H,1,3-4,6-9,11,24H2,(H,26,31,32). The van der Waals surface area contributed by atoms with Crippen molar-refractivity contribution in [2.24, 2.45) is 0 Å². The molecule has 1 aliphatic heterocycles. The minimum absolute atomic E-state index is 0.0512. The number of aromatic amines is 1. The molecule has 1 saturated carbocycles. The fourth-order valence-electron chi connectivity index (χ4n) is 3.91. The number of ketones is 1. The zero-order valence-corrected chi connectivity index (χ0v) is 17.2. The Balaban J connectivity index is 1.44. The molecule has 0 atom stereocenters. The molecule has 2 aliphatic rings. The first-order chi connectivity index (χ1) is 15.1. The quantitative estimate of drug-likeness (QED) is 0.656. The van der Waals surface area contributed by atoms with Gasteiger partial charge in [-0.1, -0.05) is 0 Å². The predicted octanol–water partition coefficient (Wildman–Crippen LogP) is 1.26. The summed E-state index contributed by atoms with van der Waals surface area (Å²) in [5.74, 6) is -0.140. The second-order valence-electron chi connectivity index (χ2n) is 8.06. The number of nitrogens with two attached hydrogens (primary N) is 1. The maximum atomic E-state index is 12.9. The minimum Gasteiger partial charge on any atom is -0.384 e. The molecule has 0 radical (unpaired) electrons. The molecule has 4 rings (SSSR count). The maximum Gasteiger partial charge on any atom is 0.417 e. The highest BCUT2D eigenvalue weighted by Gasteiger charge is 2.32. The molecule has 1 aliphatic carbocycles. The van der Waals surface area contributed by atoms with E-state index < -0.39 is 28.8 Å². The highest BCUT2D eigenvalue weighted by molar-refractivity contribution is 6.01. The van der Waals surface area contributed by atoms with Gasteiger partial charge in [0.15, 0.2) is 5.78 Å². The van der Waals surface area contributed by atoms with Crippen LogP contribution in [0.15, 0.2) is 27.9 Å². The normalized spacial score (nSPS) is 17.9. The Morgan fingerprint density at radius 3 is 2.53 bits per heavy atom. The number of anilines is 2. The fraction of sp³-hybridized carbons (Fsp3) is 0.500. The molecule has 0 spiro atoms. The van der Waals surface area contributed by atoms with Crippen molar-refractivity contribution in [3.8, 4) is 0 Å². The Labute approximate surface area is 180 Å². The average Bonchev–Trinajstić information content (AvgIpc) is 3.55. The van der Waals surface area contributed by atoms with Crippen LogP contribution in [0.4, 0.5) is 24.8 Å². The number of nitrogen functional groups attached to an aromatic ring is 1. The first-order valence-corrected chi connectivity index (χ1v) is 10.3. The van der Waals surface area contributed by atoms with E-state index in [0.717, 1.165) is 25.1 Å². The highest BCUT2D eigenvalue weighted by Crippen LogP contribution is 2.35. The van der Waals surface area contributed by atoms with E-state index in [1.807, 2.05) is 9.80 Å². The van der Waals surface area contributed by atoms with E-state index in [1.165, 1.54) is 10.6 Å². The Hall–Kier alpha value is -3.15. The summed E-state index contributed by atoms with van der Waals surface area (Å²) in [6.07, 6.45) is -1.44. The summed E-state index contributed by atoms with van der Waals surface area (Å²) in [4.78, 5) is 47.0. The van der Waals surface area contributed by atoms with Crippen molar-refractivity contribution >= 4 is 17.4 Å². The lowest BCUT2D eigenvalue weighted by Gasteiger charge is -2.23. The van der Waals surface area contributed by atoms with Gasteiger partial charge in [-0.2, -0.15) is 13.2 Å². The van der Waals surface area contributed by atoms with Crippen LogP contribution < -0.4 is 21.9 Å². The molecular weight excluding hydrogens is 429 g/mol. The number of aromatic nitrogens is 3. The van der Waals surface area contributed by atoms with Crippen LogP contribution in [0.1, 0.15) is 41.2 Å². The van der Waals surface area contributed by atoms with Gasteiger partial charge in [0.05, 0.1) is 12.1 Å². The van der Waals surface area contributed by atoms with Gasteiger partial charge in [-0.15, -0.1) is 0 Å². The number of rotatable bonds is 5. The summed E-state index contributed by atoms with van der Waals surface area (Å²) in [5.41, 5.74) is 3.60. The minimum atomic E-state index is -4.44. The van der Waals surface area contributed by atoms with Crippen LogP contribution in [0, 0.1) is 0 Å². The number of carbonyl (C=O) groups excluding carboxylic acids is 1. The maximum absolute atomic E-state index is 12.9. The molecule has 0 unspecified atom stereocenters. The zero-order chi connectivity index (χ0) is 23.0. The van der Waals surface area contributed by atoms with Gasteiger partial charge in [0.2, 0.25) is 0 Å². The number of halogens is 3. The van der Waals surface area contributed by atoms with Gasteiger partial charge in [-0.3, -0.25) is 24.0 Å². The summed E-state index contributed by atoms with van der Waals surface area (Å²) in [6, 6.07) is 2.25. The van der Waals surface area contributed by atoms with Gasteiger partial charge in [0.1, 0.15) is 17.2 Å². The average molecular weight is 452 g/mol. The van der Waals surface area contributed by atoms with Crippen LogP contribution in [-0.4, -0.2) is 57.9 Å². The van der Waals surface area contributed by atoms with Gasteiger partial charge in [0, 0.05) is 38.4 Å². The second kappa shape index (κ2) is 8.41. The van der Waals surface area contributed by atoms with Crippen LogP contribution in [0.25, 0.3) is 0 Å². The topological polar surface area (TPSA) is 117 Å². The number of Topliss-reactive ketones (excluding diaryl/α,β-unsaturated/α-hetero) is 1. The number of alkyl halides is 3. The largest absolute Gasteiger partial charge is 0.417 e. The number of nitrogens with zero attached hydrogens (tertiary/aromatic N) is 4. The summed E-state index contributed by atoms with van der Waals surface area (Å²) in [6.45, 7) is 1.99. The van der Waals surface area contributed by atoms with Gasteiger partial charge in [-0.05, 0) is 31.4 Å². The molecule has 9 nitrogen and oxygen atoms in total. The van der Waals surface area contributed by atoms with Gasteiger partial charge < -0.3 is 10.6 Å². The van der Waals surface area contributed by atoms with Crippen molar-refractivity contribution in [2.75, 3.05) is 43.4 Å². The zero-order valence-electron chi connectivity index (χ0n) is 17.2. The van der Waals surface area contributed by atoms with Crippen molar-refractivity contribution in [3.63, 3.8) is 0 Å². The van der Waals surface area contributed by atoms with E-state index in [9.17, 15) is 27.6 Å². The van der Waals surface area contributed by atoms with Crippen molar-refractivity contribution in [2.45, 2.75) is 31.5 Å².